The third-order valence-electron chi connectivity index (χ3n) is 4.38. The third kappa shape index (κ3) is 7.18. The van der Waals surface area contributed by atoms with Crippen molar-refractivity contribution >= 4 is 17.6 Å². The molecule has 1 aromatic heterocycles. The number of ether oxygens (including phenoxy) is 1. The van der Waals surface area contributed by atoms with Crippen LogP contribution in [0.3, 0.4) is 0 Å². The second-order valence-electron chi connectivity index (χ2n) is 6.21. The summed E-state index contributed by atoms with van der Waals surface area (Å²) in [4.78, 5) is 11.4. The van der Waals surface area contributed by atoms with E-state index in [1.807, 2.05) is 18.3 Å². The van der Waals surface area contributed by atoms with Gasteiger partial charge >= 0.3 is 0 Å². The molecule has 1 unspecified atom stereocenters. The fourth-order valence-electron chi connectivity index (χ4n) is 3.02. The van der Waals surface area contributed by atoms with Crippen LogP contribution in [0.5, 0.6) is 0 Å². The van der Waals surface area contributed by atoms with Crippen LogP contribution in [0, 0.1) is 0 Å². The van der Waals surface area contributed by atoms with E-state index in [1.165, 1.54) is 12.8 Å². The summed E-state index contributed by atoms with van der Waals surface area (Å²) in [5.41, 5.74) is 1.16. The van der Waals surface area contributed by atoms with Gasteiger partial charge in [0.1, 0.15) is 5.15 Å². The normalized spacial score (nSPS) is 18.5. The number of aromatic nitrogens is 1. The van der Waals surface area contributed by atoms with Crippen molar-refractivity contribution in [3.05, 3.63) is 29.0 Å². The zero-order valence-corrected chi connectivity index (χ0v) is 16.1. The molecule has 0 aromatic carbocycles. The number of likely N-dealkylation sites (tertiary alicyclic amines) is 1. The van der Waals surface area contributed by atoms with E-state index < -0.39 is 0 Å². The quantitative estimate of drug-likeness (QED) is 0.397. The van der Waals surface area contributed by atoms with Crippen molar-refractivity contribution in [2.24, 2.45) is 4.99 Å². The fraction of sp³-hybridized carbons (Fsp3) is 0.667. The molecule has 2 heterocycles. The van der Waals surface area contributed by atoms with Gasteiger partial charge in [0.2, 0.25) is 0 Å². The van der Waals surface area contributed by atoms with Crippen LogP contribution >= 0.6 is 11.6 Å². The van der Waals surface area contributed by atoms with E-state index in [4.69, 9.17) is 21.3 Å². The van der Waals surface area contributed by atoms with E-state index in [1.54, 1.807) is 7.11 Å². The number of hydrogen-bond donors (Lipinski definition) is 2. The van der Waals surface area contributed by atoms with E-state index in [9.17, 15) is 0 Å². The molecule has 2 N–H and O–H groups in total. The standard InChI is InChI=1S/C18H30ClN5O/c1-3-20-18(21-9-8-15-6-7-17(19)22-13-15)23-14-16-5-4-10-24(16)11-12-25-2/h6-7,13,16H,3-5,8-12,14H2,1-2H3,(H2,20,21,23). The molecule has 1 saturated heterocycles. The summed E-state index contributed by atoms with van der Waals surface area (Å²) >= 11 is 5.82. The van der Waals surface area contributed by atoms with Gasteiger partial charge in [-0.05, 0) is 44.4 Å². The zero-order chi connectivity index (χ0) is 17.9. The molecule has 0 amide bonds. The summed E-state index contributed by atoms with van der Waals surface area (Å²) in [5, 5.41) is 7.25. The summed E-state index contributed by atoms with van der Waals surface area (Å²) in [5.74, 6) is 0.878. The molecule has 0 aliphatic carbocycles. The predicted molar refractivity (Wildman–Crippen MR) is 103 cm³/mol. The number of aliphatic imine (C=N–C) groups is 1. The Morgan fingerprint density at radius 1 is 1.44 bits per heavy atom. The Balaban J connectivity index is 1.79. The van der Waals surface area contributed by atoms with Gasteiger partial charge < -0.3 is 15.4 Å². The van der Waals surface area contributed by atoms with Crippen molar-refractivity contribution in [2.75, 3.05) is 46.4 Å². The van der Waals surface area contributed by atoms with Gasteiger partial charge in [-0.3, -0.25) is 9.89 Å². The van der Waals surface area contributed by atoms with E-state index in [-0.39, 0.29) is 0 Å². The lowest BCUT2D eigenvalue weighted by Gasteiger charge is -2.23. The summed E-state index contributed by atoms with van der Waals surface area (Å²) in [6.45, 7) is 7.50. The van der Waals surface area contributed by atoms with Gasteiger partial charge in [0.15, 0.2) is 5.96 Å². The number of guanidine groups is 1. The second-order valence-corrected chi connectivity index (χ2v) is 6.60. The van der Waals surface area contributed by atoms with Crippen LogP contribution in [0.2, 0.25) is 5.15 Å². The summed E-state index contributed by atoms with van der Waals surface area (Å²) < 4.78 is 5.20. The molecule has 7 heteroatoms. The predicted octanol–water partition coefficient (Wildman–Crippen LogP) is 1.94. The maximum Gasteiger partial charge on any atom is 0.191 e. The van der Waals surface area contributed by atoms with Gasteiger partial charge in [-0.15, -0.1) is 0 Å². The Morgan fingerprint density at radius 3 is 3.04 bits per heavy atom. The molecule has 1 aromatic rings. The van der Waals surface area contributed by atoms with Crippen molar-refractivity contribution in [1.82, 2.24) is 20.5 Å². The van der Waals surface area contributed by atoms with Crippen LogP contribution in [0.4, 0.5) is 0 Å². The number of nitrogens with zero attached hydrogens (tertiary/aromatic N) is 3. The number of halogens is 1. The maximum atomic E-state index is 5.82. The van der Waals surface area contributed by atoms with Crippen LogP contribution < -0.4 is 10.6 Å². The SMILES string of the molecule is CCNC(=NCC1CCCN1CCOC)NCCc1ccc(Cl)nc1. The molecule has 2 rings (SSSR count). The van der Waals surface area contributed by atoms with E-state index in [0.717, 1.165) is 57.3 Å². The second kappa shape index (κ2) is 11.3. The highest BCUT2D eigenvalue weighted by atomic mass is 35.5. The highest BCUT2D eigenvalue weighted by Gasteiger charge is 2.23. The first-order valence-corrected chi connectivity index (χ1v) is 9.46. The van der Waals surface area contributed by atoms with Gasteiger partial charge in [-0.1, -0.05) is 17.7 Å². The molecule has 0 saturated carbocycles. The molecule has 0 bridgehead atoms. The van der Waals surface area contributed by atoms with Gasteiger partial charge in [-0.25, -0.2) is 4.98 Å². The Morgan fingerprint density at radius 2 is 2.32 bits per heavy atom. The molecular formula is C18H30ClN5O. The van der Waals surface area contributed by atoms with Gasteiger partial charge in [-0.2, -0.15) is 0 Å². The fourth-order valence-corrected chi connectivity index (χ4v) is 3.13. The highest BCUT2D eigenvalue weighted by Crippen LogP contribution is 2.16. The molecule has 1 aliphatic rings. The Kier molecular flexibility index (Phi) is 9.00. The first kappa shape index (κ1) is 19.9. The molecule has 1 atom stereocenters. The van der Waals surface area contributed by atoms with Crippen molar-refractivity contribution in [2.45, 2.75) is 32.2 Å². The molecule has 0 radical (unpaired) electrons. The third-order valence-corrected chi connectivity index (χ3v) is 4.60. The minimum absolute atomic E-state index is 0.520. The van der Waals surface area contributed by atoms with E-state index in [2.05, 4.69) is 27.4 Å². The molecule has 1 aliphatic heterocycles. The minimum atomic E-state index is 0.520. The highest BCUT2D eigenvalue weighted by molar-refractivity contribution is 6.29. The van der Waals surface area contributed by atoms with Crippen molar-refractivity contribution in [3.63, 3.8) is 0 Å². The number of rotatable bonds is 9. The first-order valence-electron chi connectivity index (χ1n) is 9.08. The average molecular weight is 368 g/mol. The summed E-state index contributed by atoms with van der Waals surface area (Å²) in [6, 6.07) is 4.35. The van der Waals surface area contributed by atoms with Gasteiger partial charge in [0.25, 0.3) is 0 Å². The molecular weight excluding hydrogens is 338 g/mol. The Bertz CT molecular complexity index is 523. The lowest BCUT2D eigenvalue weighted by atomic mass is 10.2. The minimum Gasteiger partial charge on any atom is -0.383 e. The lowest BCUT2D eigenvalue weighted by Crippen LogP contribution is -2.40. The molecule has 1 fully saturated rings. The Hall–Kier alpha value is -1.37. The average Bonchev–Trinajstić information content (AvgIpc) is 3.07. The summed E-state index contributed by atoms with van der Waals surface area (Å²) in [7, 11) is 1.76. The van der Waals surface area contributed by atoms with Crippen molar-refractivity contribution < 1.29 is 4.74 Å². The first-order chi connectivity index (χ1) is 12.2. The molecule has 25 heavy (non-hydrogen) atoms. The van der Waals surface area contributed by atoms with Crippen molar-refractivity contribution in [3.8, 4) is 0 Å². The summed E-state index contributed by atoms with van der Waals surface area (Å²) in [6.07, 6.45) is 5.17. The number of methoxy groups -OCH3 is 1. The topological polar surface area (TPSA) is 61.8 Å². The van der Waals surface area contributed by atoms with Gasteiger partial charge in [0, 0.05) is 39.0 Å². The van der Waals surface area contributed by atoms with Crippen LogP contribution in [0.15, 0.2) is 23.3 Å². The van der Waals surface area contributed by atoms with Crippen LogP contribution in [-0.2, 0) is 11.2 Å². The van der Waals surface area contributed by atoms with E-state index in [0.29, 0.717) is 11.2 Å². The monoisotopic (exact) mass is 367 g/mol. The zero-order valence-electron chi connectivity index (χ0n) is 15.3. The van der Waals surface area contributed by atoms with E-state index >= 15 is 0 Å². The van der Waals surface area contributed by atoms with Crippen LogP contribution in [-0.4, -0.2) is 68.3 Å². The molecule has 140 valence electrons. The number of nitrogens with one attached hydrogen (secondary N) is 2. The Labute approximate surface area is 156 Å². The van der Waals surface area contributed by atoms with Crippen molar-refractivity contribution in [1.29, 1.82) is 0 Å². The smallest absolute Gasteiger partial charge is 0.191 e. The largest absolute Gasteiger partial charge is 0.383 e. The lowest BCUT2D eigenvalue weighted by molar-refractivity contribution is 0.142. The van der Waals surface area contributed by atoms with Crippen LogP contribution in [0.25, 0.3) is 0 Å². The maximum absolute atomic E-state index is 5.82. The molecule has 6 nitrogen and oxygen atoms in total. The van der Waals surface area contributed by atoms with Crippen LogP contribution in [0.1, 0.15) is 25.3 Å². The molecule has 0 spiro atoms. The number of pyridine rings is 1. The number of hydrogen-bond acceptors (Lipinski definition) is 4. The van der Waals surface area contributed by atoms with Gasteiger partial charge in [0.05, 0.1) is 13.2 Å².